The lowest BCUT2D eigenvalue weighted by molar-refractivity contribution is 0.770. The van der Waals surface area contributed by atoms with Gasteiger partial charge in [0, 0.05) is 34.6 Å². The van der Waals surface area contributed by atoms with Gasteiger partial charge in [-0.05, 0) is 96.2 Å². The Morgan fingerprint density at radius 1 is 0.308 bits per heavy atom. The van der Waals surface area contributed by atoms with E-state index in [0.29, 0.717) is 5.82 Å². The van der Waals surface area contributed by atoms with Gasteiger partial charge in [-0.1, -0.05) is 212 Å². The average Bonchev–Trinajstić information content (AvgIpc) is 3.70. The predicted molar refractivity (Wildman–Crippen MR) is 267 cm³/mol. The van der Waals surface area contributed by atoms with Crippen LogP contribution in [0.3, 0.4) is 0 Å². The second kappa shape index (κ2) is 16.0. The molecule has 0 saturated carbocycles. The van der Waals surface area contributed by atoms with E-state index >= 15 is 0 Å². The van der Waals surface area contributed by atoms with Gasteiger partial charge < -0.3 is 0 Å². The maximum Gasteiger partial charge on any atom is 0.160 e. The fraction of sp³-hybridized carbons (Fsp3) is 0.0161. The minimum atomic E-state index is -0.509. The number of nitrogens with zero attached hydrogens (tertiary/aromatic N) is 3. The molecule has 0 N–H and O–H groups in total. The smallest absolute Gasteiger partial charge is 0.160 e. The van der Waals surface area contributed by atoms with Crippen molar-refractivity contribution in [1.29, 1.82) is 0 Å². The summed E-state index contributed by atoms with van der Waals surface area (Å²) in [6.45, 7) is 0. The first-order chi connectivity index (χ1) is 32.2. The molecule has 3 nitrogen and oxygen atoms in total. The molecule has 0 spiro atoms. The number of rotatable bonds is 8. The van der Waals surface area contributed by atoms with E-state index in [9.17, 15) is 0 Å². The van der Waals surface area contributed by atoms with Crippen LogP contribution >= 0.6 is 0 Å². The molecule has 0 saturated heterocycles. The summed E-state index contributed by atoms with van der Waals surface area (Å²) in [7, 11) is 0. The first-order valence-electron chi connectivity index (χ1n) is 22.2. The van der Waals surface area contributed by atoms with E-state index < -0.39 is 5.41 Å². The van der Waals surface area contributed by atoms with E-state index in [1.54, 1.807) is 6.20 Å². The highest BCUT2D eigenvalue weighted by molar-refractivity contribution is 6.05. The van der Waals surface area contributed by atoms with Crippen molar-refractivity contribution in [2.24, 2.45) is 0 Å². The molecule has 1 aliphatic carbocycles. The second-order valence-corrected chi connectivity index (χ2v) is 16.7. The van der Waals surface area contributed by atoms with Crippen molar-refractivity contribution in [3.05, 3.63) is 271 Å². The van der Waals surface area contributed by atoms with Crippen LogP contribution in [0.4, 0.5) is 0 Å². The zero-order chi connectivity index (χ0) is 43.2. The van der Waals surface area contributed by atoms with Crippen LogP contribution in [-0.4, -0.2) is 15.0 Å². The monoisotopic (exact) mass is 827 g/mol. The Hall–Kier alpha value is -8.53. The molecule has 0 amide bonds. The summed E-state index contributed by atoms with van der Waals surface area (Å²) in [5.74, 6) is 0.686. The van der Waals surface area contributed by atoms with Crippen molar-refractivity contribution >= 4 is 10.8 Å². The van der Waals surface area contributed by atoms with Gasteiger partial charge in [0.05, 0.1) is 16.8 Å². The highest BCUT2D eigenvalue weighted by atomic mass is 14.9. The van der Waals surface area contributed by atoms with Crippen LogP contribution < -0.4 is 0 Å². The maximum absolute atomic E-state index is 5.28. The molecule has 0 unspecified atom stereocenters. The normalized spacial score (nSPS) is 12.4. The van der Waals surface area contributed by atoms with Crippen LogP contribution in [0, 0.1) is 0 Å². The van der Waals surface area contributed by atoms with Crippen LogP contribution in [0.25, 0.3) is 89.2 Å². The number of aromatic nitrogens is 3. The third-order valence-electron chi connectivity index (χ3n) is 13.1. The molecule has 0 radical (unpaired) electrons. The summed E-state index contributed by atoms with van der Waals surface area (Å²) in [6.07, 6.45) is 3.70. The van der Waals surface area contributed by atoms with Gasteiger partial charge in [0.1, 0.15) is 0 Å². The molecule has 2 aromatic heterocycles. The average molecular weight is 828 g/mol. The Bertz CT molecular complexity index is 3490. The minimum Gasteiger partial charge on any atom is -0.264 e. The van der Waals surface area contributed by atoms with E-state index in [1.165, 1.54) is 50.1 Å². The van der Waals surface area contributed by atoms with Gasteiger partial charge in [0.2, 0.25) is 0 Å². The third kappa shape index (κ3) is 6.48. The first-order valence-corrected chi connectivity index (χ1v) is 22.2. The van der Waals surface area contributed by atoms with Crippen LogP contribution in [-0.2, 0) is 5.41 Å². The van der Waals surface area contributed by atoms with Crippen molar-refractivity contribution in [1.82, 2.24) is 15.0 Å². The van der Waals surface area contributed by atoms with E-state index in [0.717, 1.165) is 55.5 Å². The molecule has 1 aliphatic rings. The van der Waals surface area contributed by atoms with Crippen LogP contribution in [0.15, 0.2) is 249 Å². The SMILES string of the molecule is c1ccc(-c2nc(-c3cccc(-c4cccnc4)c3)cc(-c3ccc(-c4cccc(-c5cccc6c5C(c5ccccc5)(c5ccccc5)c5ccccc5-6)c4)c4ccccc34)n2)cc1. The highest BCUT2D eigenvalue weighted by Gasteiger charge is 2.47. The molecule has 11 aromatic rings. The number of hydrogen-bond donors (Lipinski definition) is 0. The lowest BCUT2D eigenvalue weighted by Gasteiger charge is -2.35. The molecular formula is C62H41N3. The molecule has 12 rings (SSSR count). The molecule has 3 heteroatoms. The van der Waals surface area contributed by atoms with Gasteiger partial charge in [-0.15, -0.1) is 0 Å². The highest BCUT2D eigenvalue weighted by Crippen LogP contribution is 2.58. The molecule has 9 aromatic carbocycles. The first kappa shape index (κ1) is 38.2. The zero-order valence-corrected chi connectivity index (χ0v) is 35.5. The summed E-state index contributed by atoms with van der Waals surface area (Å²) >= 11 is 0. The van der Waals surface area contributed by atoms with Crippen LogP contribution in [0.1, 0.15) is 22.3 Å². The van der Waals surface area contributed by atoms with Crippen molar-refractivity contribution in [2.45, 2.75) is 5.41 Å². The van der Waals surface area contributed by atoms with Crippen molar-refractivity contribution < 1.29 is 0 Å². The largest absolute Gasteiger partial charge is 0.264 e. The molecule has 2 heterocycles. The molecule has 304 valence electrons. The number of hydrogen-bond acceptors (Lipinski definition) is 3. The summed E-state index contributed by atoms with van der Waals surface area (Å²) in [5, 5.41) is 2.29. The van der Waals surface area contributed by atoms with E-state index in [1.807, 2.05) is 30.5 Å². The lowest BCUT2D eigenvalue weighted by Crippen LogP contribution is -2.29. The summed E-state index contributed by atoms with van der Waals surface area (Å²) in [4.78, 5) is 14.8. The fourth-order valence-corrected chi connectivity index (χ4v) is 10.2. The van der Waals surface area contributed by atoms with Crippen molar-refractivity contribution in [2.75, 3.05) is 0 Å². The Morgan fingerprint density at radius 3 is 1.57 bits per heavy atom. The quantitative estimate of drug-likeness (QED) is 0.153. The van der Waals surface area contributed by atoms with Crippen molar-refractivity contribution in [3.63, 3.8) is 0 Å². The van der Waals surface area contributed by atoms with E-state index in [-0.39, 0.29) is 0 Å². The Kier molecular flexibility index (Phi) is 9.39. The van der Waals surface area contributed by atoms with Gasteiger partial charge >= 0.3 is 0 Å². The molecular weight excluding hydrogens is 787 g/mol. The minimum absolute atomic E-state index is 0.509. The topological polar surface area (TPSA) is 38.7 Å². The van der Waals surface area contributed by atoms with Crippen LogP contribution in [0.2, 0.25) is 0 Å². The lowest BCUT2D eigenvalue weighted by atomic mass is 9.66. The third-order valence-corrected chi connectivity index (χ3v) is 13.1. The second-order valence-electron chi connectivity index (χ2n) is 16.7. The van der Waals surface area contributed by atoms with Crippen LogP contribution in [0.5, 0.6) is 0 Å². The van der Waals surface area contributed by atoms with Gasteiger partial charge in [-0.3, -0.25) is 4.98 Å². The van der Waals surface area contributed by atoms with Gasteiger partial charge in [0.15, 0.2) is 5.82 Å². The Balaban J connectivity index is 1.01. The summed E-state index contributed by atoms with van der Waals surface area (Å²) in [6, 6.07) is 85.2. The molecule has 0 fully saturated rings. The fourth-order valence-electron chi connectivity index (χ4n) is 10.2. The number of pyridine rings is 1. The number of benzene rings is 9. The number of fused-ring (bicyclic) bond motifs is 4. The zero-order valence-electron chi connectivity index (χ0n) is 35.5. The predicted octanol–water partition coefficient (Wildman–Crippen LogP) is 15.4. The van der Waals surface area contributed by atoms with E-state index in [2.05, 4.69) is 217 Å². The van der Waals surface area contributed by atoms with E-state index in [4.69, 9.17) is 9.97 Å². The van der Waals surface area contributed by atoms with Crippen molar-refractivity contribution in [3.8, 4) is 78.4 Å². The molecule has 0 bridgehead atoms. The molecule has 65 heavy (non-hydrogen) atoms. The molecule has 0 atom stereocenters. The van der Waals surface area contributed by atoms with Gasteiger partial charge in [0.25, 0.3) is 0 Å². The standard InChI is InChI=1S/C62H41N3/c1-4-18-42(19-5-1)61-64-58(46-23-14-20-43(38-46)47-24-17-37-63-41-47)40-59(65-61)55-36-35-50(52-29-10-11-30-53(52)55)44-21-15-22-45(39-44)51-32-16-33-56-54-31-12-13-34-57(54)62(60(51)56,48-25-6-2-7-26-48)49-27-8-3-9-28-49/h1-41H. The summed E-state index contributed by atoms with van der Waals surface area (Å²) < 4.78 is 0. The maximum atomic E-state index is 5.28. The Labute approximate surface area is 379 Å². The Morgan fingerprint density at radius 2 is 0.831 bits per heavy atom. The summed E-state index contributed by atoms with van der Waals surface area (Å²) in [5.41, 5.74) is 18.8. The molecule has 0 aliphatic heterocycles. The van der Waals surface area contributed by atoms with Gasteiger partial charge in [-0.25, -0.2) is 9.97 Å². The van der Waals surface area contributed by atoms with Gasteiger partial charge in [-0.2, -0.15) is 0 Å².